The Bertz CT molecular complexity index is 2760. The van der Waals surface area contributed by atoms with Crippen molar-refractivity contribution in [3.05, 3.63) is 108 Å². The normalized spacial score (nSPS) is 19.6. The van der Waals surface area contributed by atoms with E-state index in [1.165, 1.54) is 13.8 Å². The van der Waals surface area contributed by atoms with E-state index in [2.05, 4.69) is 9.97 Å². The van der Waals surface area contributed by atoms with E-state index in [1.807, 2.05) is 126 Å². The summed E-state index contributed by atoms with van der Waals surface area (Å²) in [6.45, 7) is 30.6. The molecule has 3 saturated heterocycles. The number of aromatic nitrogens is 2. The van der Waals surface area contributed by atoms with Crippen LogP contribution in [0.5, 0.6) is 11.5 Å². The number of hydrogen-bond donors (Lipinski definition) is 1. The molecule has 0 aliphatic carbocycles. The largest absolute Gasteiger partial charge is 0.494 e. The molecule has 0 unspecified atom stereocenters. The number of hydrogen-bond acceptors (Lipinski definition) is 14. The minimum atomic E-state index is -1.16. The number of esters is 2. The van der Waals surface area contributed by atoms with Crippen LogP contribution in [0, 0.1) is 0 Å². The second-order valence-corrected chi connectivity index (χ2v) is 23.0. The van der Waals surface area contributed by atoms with Gasteiger partial charge in [0.25, 0.3) is 0 Å². The number of benzene rings is 4. The van der Waals surface area contributed by atoms with Gasteiger partial charge in [0.05, 0.1) is 67.3 Å². The van der Waals surface area contributed by atoms with E-state index in [-0.39, 0.29) is 11.1 Å². The standard InChI is InChI=1S/C54H65B4N2O12/c1-47(2,63)48(3,4)66-55-37-25-35(26-38(29-37)56-67-49(5,6)50(7,8)68-56)45(61)64-41-21-17-33(18-22-41)43-31-44(60-32-59-43)34-19-23-42(24-20-34)65-46(62)36-27-39(57-69-51(9,10)52(11,12)70-57)30-40(28-36)58-71-53(13,14)54(15,16)72-58/h17-32,63H,1-16H3. The molecule has 0 amide bonds. The van der Waals surface area contributed by atoms with Crippen LogP contribution in [-0.4, -0.2) is 101 Å². The van der Waals surface area contributed by atoms with Crippen LogP contribution in [0.1, 0.15) is 131 Å². The maximum atomic E-state index is 13.9. The average molecular weight is 977 g/mol. The molecule has 4 heterocycles. The number of rotatable bonds is 13. The maximum absolute atomic E-state index is 13.9. The van der Waals surface area contributed by atoms with E-state index in [4.69, 9.17) is 42.1 Å². The number of carbonyl (C=O) groups is 2. The van der Waals surface area contributed by atoms with Crippen molar-refractivity contribution in [2.24, 2.45) is 0 Å². The van der Waals surface area contributed by atoms with Gasteiger partial charge in [0.2, 0.25) is 0 Å². The zero-order valence-corrected chi connectivity index (χ0v) is 44.4. The highest BCUT2D eigenvalue weighted by molar-refractivity contribution is 6.66. The molecule has 72 heavy (non-hydrogen) atoms. The van der Waals surface area contributed by atoms with Crippen molar-refractivity contribution < 1.29 is 56.7 Å². The number of carbonyl (C=O) groups excluding carboxylic acids is 2. The summed E-state index contributed by atoms with van der Waals surface area (Å²) in [5.74, 6) is -0.526. The Labute approximate surface area is 425 Å². The molecule has 375 valence electrons. The van der Waals surface area contributed by atoms with Gasteiger partial charge in [-0.2, -0.15) is 0 Å². The molecule has 8 rings (SSSR count). The quantitative estimate of drug-likeness (QED) is 0.0732. The van der Waals surface area contributed by atoms with Crippen LogP contribution in [-0.2, 0) is 32.6 Å². The van der Waals surface area contributed by atoms with Crippen molar-refractivity contribution in [3.63, 3.8) is 0 Å². The van der Waals surface area contributed by atoms with E-state index in [0.717, 1.165) is 11.1 Å². The minimum Gasteiger partial charge on any atom is -0.427 e. The van der Waals surface area contributed by atoms with Gasteiger partial charge >= 0.3 is 40.8 Å². The Morgan fingerprint density at radius 2 is 0.833 bits per heavy atom. The van der Waals surface area contributed by atoms with Crippen molar-refractivity contribution in [2.45, 2.75) is 156 Å². The van der Waals surface area contributed by atoms with Crippen LogP contribution in [0.15, 0.2) is 97.3 Å². The summed E-state index contributed by atoms with van der Waals surface area (Å²) < 4.78 is 56.0. The van der Waals surface area contributed by atoms with Gasteiger partial charge in [-0.15, -0.1) is 0 Å². The highest BCUT2D eigenvalue weighted by Crippen LogP contribution is 2.39. The third-order valence-electron chi connectivity index (χ3n) is 15.4. The SMILES string of the molecule is CC(C)(O)C(C)(C)O[B]c1cc(B2OC(C)(C)C(C)(C)O2)cc(C(=O)Oc2ccc(-c3cc(-c4ccc(OC(=O)c5cc(B6OC(C)(C)C(C)(C)O6)cc(B6OC(C)(C)C(C)(C)O6)c5)cc4)ncn3)cc2)c1. The molecule has 0 saturated carbocycles. The molecule has 3 aliphatic rings. The van der Waals surface area contributed by atoms with Gasteiger partial charge in [-0.05, 0) is 200 Å². The van der Waals surface area contributed by atoms with Gasteiger partial charge in [0.1, 0.15) is 17.8 Å². The van der Waals surface area contributed by atoms with Gasteiger partial charge in [0, 0.05) is 11.1 Å². The van der Waals surface area contributed by atoms with E-state index in [1.54, 1.807) is 76.2 Å². The minimum absolute atomic E-state index is 0.252. The fourth-order valence-electron chi connectivity index (χ4n) is 7.75. The Hall–Kier alpha value is -5.16. The number of nitrogens with zero attached hydrogens (tertiary/aromatic N) is 2. The monoisotopic (exact) mass is 977 g/mol. The summed E-state index contributed by atoms with van der Waals surface area (Å²) in [5.41, 5.74) is 0.0778. The van der Waals surface area contributed by atoms with Crippen molar-refractivity contribution in [1.29, 1.82) is 0 Å². The van der Waals surface area contributed by atoms with Gasteiger partial charge < -0.3 is 47.2 Å². The van der Waals surface area contributed by atoms with E-state index in [0.29, 0.717) is 44.7 Å². The van der Waals surface area contributed by atoms with E-state index < -0.39 is 78.1 Å². The molecule has 0 spiro atoms. The number of ether oxygens (including phenoxy) is 2. The molecular weight excluding hydrogens is 912 g/mol. The molecule has 3 aliphatic heterocycles. The molecule has 1 aromatic heterocycles. The highest BCUT2D eigenvalue weighted by Gasteiger charge is 2.55. The van der Waals surface area contributed by atoms with Crippen LogP contribution < -0.4 is 31.3 Å². The number of aliphatic hydroxyl groups is 1. The summed E-state index contributed by atoms with van der Waals surface area (Å²) in [4.78, 5) is 36.7. The van der Waals surface area contributed by atoms with Gasteiger partial charge in [-0.1, -0.05) is 23.7 Å². The second kappa shape index (κ2) is 18.6. The molecule has 4 aromatic carbocycles. The Morgan fingerprint density at radius 1 is 0.500 bits per heavy atom. The first kappa shape index (κ1) is 53.1. The molecule has 18 heteroatoms. The molecular formula is C54H65B4N2O12. The molecule has 5 aromatic rings. The van der Waals surface area contributed by atoms with E-state index >= 15 is 0 Å². The fourth-order valence-corrected chi connectivity index (χ4v) is 7.75. The predicted octanol–water partition coefficient (Wildman–Crippen LogP) is 6.96. The van der Waals surface area contributed by atoms with Crippen LogP contribution in [0.3, 0.4) is 0 Å². The molecule has 1 radical (unpaired) electrons. The lowest BCUT2D eigenvalue weighted by Crippen LogP contribution is -2.49. The maximum Gasteiger partial charge on any atom is 0.494 e. The van der Waals surface area contributed by atoms with Crippen molar-refractivity contribution >= 4 is 62.6 Å². The van der Waals surface area contributed by atoms with Gasteiger partial charge in [-0.3, -0.25) is 0 Å². The Balaban J connectivity index is 0.962. The fraction of sp³-hybridized carbons (Fsp3) is 0.444. The molecule has 14 nitrogen and oxygen atoms in total. The van der Waals surface area contributed by atoms with Crippen LogP contribution in [0.2, 0.25) is 0 Å². The van der Waals surface area contributed by atoms with Crippen molar-refractivity contribution in [3.8, 4) is 34.0 Å². The van der Waals surface area contributed by atoms with Crippen LogP contribution >= 0.6 is 0 Å². The lowest BCUT2D eigenvalue weighted by Gasteiger charge is -2.37. The summed E-state index contributed by atoms with van der Waals surface area (Å²) in [6, 6.07) is 26.4. The van der Waals surface area contributed by atoms with Crippen LogP contribution in [0.4, 0.5) is 0 Å². The third-order valence-corrected chi connectivity index (χ3v) is 15.4. The molecule has 0 bridgehead atoms. The first-order valence-electron chi connectivity index (χ1n) is 24.3. The first-order chi connectivity index (χ1) is 33.3. The van der Waals surface area contributed by atoms with Gasteiger partial charge in [0.15, 0.2) is 0 Å². The summed E-state index contributed by atoms with van der Waals surface area (Å²) in [7, 11) is -0.711. The zero-order chi connectivity index (χ0) is 52.6. The zero-order valence-electron chi connectivity index (χ0n) is 44.4. The Morgan fingerprint density at radius 3 is 1.18 bits per heavy atom. The second-order valence-electron chi connectivity index (χ2n) is 23.0. The average Bonchev–Trinajstić information content (AvgIpc) is 3.77. The Kier molecular flexibility index (Phi) is 13.8. The lowest BCUT2D eigenvalue weighted by molar-refractivity contribution is -0.0893. The lowest BCUT2D eigenvalue weighted by atomic mass is 9.71. The first-order valence-corrected chi connectivity index (χ1v) is 24.3. The topological polar surface area (TPSA) is 163 Å². The van der Waals surface area contributed by atoms with Gasteiger partial charge in [-0.25, -0.2) is 19.6 Å². The summed E-state index contributed by atoms with van der Waals surface area (Å²) >= 11 is 0. The highest BCUT2D eigenvalue weighted by atomic mass is 16.7. The predicted molar refractivity (Wildman–Crippen MR) is 280 cm³/mol. The smallest absolute Gasteiger partial charge is 0.427 e. The molecule has 1 N–H and O–H groups in total. The summed E-state index contributed by atoms with van der Waals surface area (Å²) in [5, 5.41) is 10.7. The third kappa shape index (κ3) is 10.7. The summed E-state index contributed by atoms with van der Waals surface area (Å²) in [6.07, 6.45) is 1.48. The van der Waals surface area contributed by atoms with Crippen molar-refractivity contribution in [2.75, 3.05) is 0 Å². The van der Waals surface area contributed by atoms with Crippen molar-refractivity contribution in [1.82, 2.24) is 9.97 Å². The molecule has 3 fully saturated rings. The van der Waals surface area contributed by atoms with E-state index in [9.17, 15) is 14.7 Å². The molecule has 0 atom stereocenters. The van der Waals surface area contributed by atoms with Crippen LogP contribution in [0.25, 0.3) is 22.5 Å².